The number of amides is 2. The lowest BCUT2D eigenvalue weighted by molar-refractivity contribution is -0.134. The Hall–Kier alpha value is -3.02. The number of anilines is 3. The molecule has 2 atom stereocenters. The van der Waals surface area contributed by atoms with Gasteiger partial charge in [0.25, 0.3) is 0 Å². The van der Waals surface area contributed by atoms with Crippen LogP contribution in [0.15, 0.2) is 54.6 Å². The molecule has 152 valence electrons. The van der Waals surface area contributed by atoms with Crippen molar-refractivity contribution < 1.29 is 9.59 Å². The van der Waals surface area contributed by atoms with Gasteiger partial charge in [-0.2, -0.15) is 0 Å². The van der Waals surface area contributed by atoms with E-state index in [0.717, 1.165) is 24.5 Å². The fourth-order valence-corrected chi connectivity index (χ4v) is 3.89. The largest absolute Gasteiger partial charge is 0.378 e. The molecule has 29 heavy (non-hydrogen) atoms. The van der Waals surface area contributed by atoms with E-state index >= 15 is 0 Å². The second-order valence-electron chi connectivity index (χ2n) is 8.03. The first kappa shape index (κ1) is 19.3. The van der Waals surface area contributed by atoms with Crippen molar-refractivity contribution >= 4 is 28.9 Å². The van der Waals surface area contributed by atoms with Gasteiger partial charge in [-0.25, -0.2) is 0 Å². The Morgan fingerprint density at radius 3 is 2.17 bits per heavy atom. The van der Waals surface area contributed by atoms with Crippen LogP contribution in [-0.4, -0.2) is 57.0 Å². The number of nitrogens with one attached hydrogen (secondary N) is 1. The summed E-state index contributed by atoms with van der Waals surface area (Å²) in [5, 5.41) is 2.95. The Morgan fingerprint density at radius 2 is 1.55 bits per heavy atom. The summed E-state index contributed by atoms with van der Waals surface area (Å²) in [4.78, 5) is 31.6. The Balaban J connectivity index is 1.26. The minimum Gasteiger partial charge on any atom is -0.378 e. The summed E-state index contributed by atoms with van der Waals surface area (Å²) < 4.78 is 0. The maximum Gasteiger partial charge on any atom is 0.228 e. The fourth-order valence-electron chi connectivity index (χ4n) is 3.89. The van der Waals surface area contributed by atoms with E-state index in [0.29, 0.717) is 19.5 Å². The first-order valence-corrected chi connectivity index (χ1v) is 10.2. The molecule has 0 aromatic heterocycles. The van der Waals surface area contributed by atoms with Gasteiger partial charge in [0, 0.05) is 57.3 Å². The van der Waals surface area contributed by atoms with Gasteiger partial charge in [-0.1, -0.05) is 18.2 Å². The molecule has 1 heterocycles. The van der Waals surface area contributed by atoms with Crippen molar-refractivity contribution in [2.24, 2.45) is 11.8 Å². The topological polar surface area (TPSA) is 55.9 Å². The van der Waals surface area contributed by atoms with Crippen molar-refractivity contribution in [2.45, 2.75) is 6.42 Å². The highest BCUT2D eigenvalue weighted by Gasteiger charge is 2.49. The molecule has 0 spiro atoms. The Bertz CT molecular complexity index is 858. The predicted molar refractivity (Wildman–Crippen MR) is 116 cm³/mol. The molecule has 4 rings (SSSR count). The van der Waals surface area contributed by atoms with Gasteiger partial charge >= 0.3 is 0 Å². The van der Waals surface area contributed by atoms with Crippen LogP contribution in [0.25, 0.3) is 0 Å². The van der Waals surface area contributed by atoms with Crippen molar-refractivity contribution in [3.63, 3.8) is 0 Å². The Labute approximate surface area is 172 Å². The molecule has 2 amide bonds. The molecule has 0 bridgehead atoms. The molecule has 1 aliphatic heterocycles. The van der Waals surface area contributed by atoms with Crippen LogP contribution in [0.2, 0.25) is 0 Å². The number of piperazine rings is 1. The van der Waals surface area contributed by atoms with Crippen LogP contribution < -0.4 is 15.1 Å². The van der Waals surface area contributed by atoms with Crippen molar-refractivity contribution in [1.29, 1.82) is 0 Å². The van der Waals surface area contributed by atoms with Gasteiger partial charge in [0.1, 0.15) is 0 Å². The second-order valence-corrected chi connectivity index (χ2v) is 8.03. The van der Waals surface area contributed by atoms with E-state index in [1.54, 1.807) is 0 Å². The van der Waals surface area contributed by atoms with E-state index < -0.39 is 0 Å². The summed E-state index contributed by atoms with van der Waals surface area (Å²) in [6.07, 6.45) is 0.652. The SMILES string of the molecule is CN(C)c1ccc(NC(=O)C2CC2C(=O)N2CCN(c3ccccc3)CC2)cc1. The van der Waals surface area contributed by atoms with Crippen LogP contribution in [0.3, 0.4) is 0 Å². The third kappa shape index (κ3) is 4.36. The van der Waals surface area contributed by atoms with Gasteiger partial charge in [-0.3, -0.25) is 9.59 Å². The molecule has 2 unspecified atom stereocenters. The third-order valence-electron chi connectivity index (χ3n) is 5.81. The highest BCUT2D eigenvalue weighted by atomic mass is 16.2. The molecular weight excluding hydrogens is 364 g/mol. The fraction of sp³-hybridized carbons (Fsp3) is 0.391. The van der Waals surface area contributed by atoms with Gasteiger partial charge in [-0.15, -0.1) is 0 Å². The molecule has 1 N–H and O–H groups in total. The zero-order valence-corrected chi connectivity index (χ0v) is 17.0. The highest BCUT2D eigenvalue weighted by Crippen LogP contribution is 2.41. The van der Waals surface area contributed by atoms with E-state index in [4.69, 9.17) is 0 Å². The molecule has 2 fully saturated rings. The smallest absolute Gasteiger partial charge is 0.228 e. The van der Waals surface area contributed by atoms with Crippen LogP contribution >= 0.6 is 0 Å². The summed E-state index contributed by atoms with van der Waals surface area (Å²) in [5.41, 5.74) is 3.05. The zero-order valence-electron chi connectivity index (χ0n) is 17.0. The van der Waals surface area contributed by atoms with Crippen LogP contribution in [0.5, 0.6) is 0 Å². The first-order valence-electron chi connectivity index (χ1n) is 10.2. The number of carbonyl (C=O) groups excluding carboxylic acids is 2. The van der Waals surface area contributed by atoms with E-state index in [2.05, 4.69) is 22.3 Å². The number of benzene rings is 2. The van der Waals surface area contributed by atoms with Crippen LogP contribution in [0.4, 0.5) is 17.1 Å². The van der Waals surface area contributed by atoms with Crippen LogP contribution in [0.1, 0.15) is 6.42 Å². The molecule has 2 aliphatic rings. The van der Waals surface area contributed by atoms with Crippen LogP contribution in [-0.2, 0) is 9.59 Å². The monoisotopic (exact) mass is 392 g/mol. The van der Waals surface area contributed by atoms with E-state index in [1.165, 1.54) is 5.69 Å². The van der Waals surface area contributed by atoms with E-state index in [9.17, 15) is 9.59 Å². The molecule has 1 saturated heterocycles. The number of nitrogens with zero attached hydrogens (tertiary/aromatic N) is 3. The summed E-state index contributed by atoms with van der Waals surface area (Å²) >= 11 is 0. The molecule has 6 heteroatoms. The lowest BCUT2D eigenvalue weighted by Gasteiger charge is -2.36. The second kappa shape index (κ2) is 8.15. The van der Waals surface area contributed by atoms with Gasteiger partial charge in [0.15, 0.2) is 0 Å². The van der Waals surface area contributed by atoms with Crippen LogP contribution in [0, 0.1) is 11.8 Å². The lowest BCUT2D eigenvalue weighted by atomic mass is 10.2. The predicted octanol–water partition coefficient (Wildman–Crippen LogP) is 2.68. The van der Waals surface area contributed by atoms with Gasteiger partial charge in [0.05, 0.1) is 11.8 Å². The average Bonchev–Trinajstić information content (AvgIpc) is 3.55. The number of carbonyl (C=O) groups is 2. The Morgan fingerprint density at radius 1 is 0.897 bits per heavy atom. The standard InChI is InChI=1S/C23H28N4O2/c1-25(2)18-10-8-17(9-11-18)24-22(28)20-16-21(20)23(29)27-14-12-26(13-15-27)19-6-4-3-5-7-19/h3-11,20-21H,12-16H2,1-2H3,(H,24,28). The van der Waals surface area contributed by atoms with Gasteiger partial charge in [-0.05, 0) is 42.8 Å². The van der Waals surface area contributed by atoms with Crippen molar-refractivity contribution in [2.75, 3.05) is 55.4 Å². The highest BCUT2D eigenvalue weighted by molar-refractivity contribution is 5.99. The third-order valence-corrected chi connectivity index (χ3v) is 5.81. The number of rotatable bonds is 5. The average molecular weight is 393 g/mol. The van der Waals surface area contributed by atoms with Crippen molar-refractivity contribution in [3.8, 4) is 0 Å². The normalized spacial score (nSPS) is 20.9. The lowest BCUT2D eigenvalue weighted by Crippen LogP contribution is -2.49. The molecule has 0 radical (unpaired) electrons. The molecule has 1 saturated carbocycles. The molecule has 2 aromatic rings. The summed E-state index contributed by atoms with van der Waals surface area (Å²) in [7, 11) is 3.96. The molecular formula is C23H28N4O2. The minimum atomic E-state index is -0.205. The maximum atomic E-state index is 12.8. The van der Waals surface area contributed by atoms with Gasteiger partial charge in [0.2, 0.25) is 11.8 Å². The number of para-hydroxylation sites is 1. The van der Waals surface area contributed by atoms with Gasteiger partial charge < -0.3 is 20.0 Å². The van der Waals surface area contributed by atoms with Crippen molar-refractivity contribution in [3.05, 3.63) is 54.6 Å². The number of hydrogen-bond acceptors (Lipinski definition) is 4. The Kier molecular flexibility index (Phi) is 5.43. The van der Waals surface area contributed by atoms with E-state index in [-0.39, 0.29) is 23.7 Å². The maximum absolute atomic E-state index is 12.8. The minimum absolute atomic E-state index is 0.0520. The quantitative estimate of drug-likeness (QED) is 0.850. The summed E-state index contributed by atoms with van der Waals surface area (Å²) in [5.74, 6) is -0.299. The first-order chi connectivity index (χ1) is 14.0. The summed E-state index contributed by atoms with van der Waals surface area (Å²) in [6.45, 7) is 3.09. The molecule has 1 aliphatic carbocycles. The van der Waals surface area contributed by atoms with Crippen molar-refractivity contribution in [1.82, 2.24) is 4.90 Å². The van der Waals surface area contributed by atoms with E-state index in [1.807, 2.05) is 66.4 Å². The molecule has 6 nitrogen and oxygen atoms in total. The zero-order chi connectivity index (χ0) is 20.4. The number of hydrogen-bond donors (Lipinski definition) is 1. The summed E-state index contributed by atoms with van der Waals surface area (Å²) in [6, 6.07) is 18.0. The molecule has 2 aromatic carbocycles.